The highest BCUT2D eigenvalue weighted by molar-refractivity contribution is 5.92. The second-order valence-corrected chi connectivity index (χ2v) is 6.10. The monoisotopic (exact) mass is 386 g/mol. The Kier molecular flexibility index (Phi) is 5.73. The zero-order chi connectivity index (χ0) is 20.1. The second kappa shape index (κ2) is 8.38. The van der Waals surface area contributed by atoms with Crippen LogP contribution in [0.25, 0.3) is 0 Å². The van der Waals surface area contributed by atoms with Gasteiger partial charge in [0, 0.05) is 5.69 Å². The van der Waals surface area contributed by atoms with Gasteiger partial charge in [-0.3, -0.25) is 25.1 Å². The van der Waals surface area contributed by atoms with Crippen molar-refractivity contribution in [3.05, 3.63) is 71.2 Å². The van der Waals surface area contributed by atoms with E-state index in [2.05, 4.69) is 16.0 Å². The van der Waals surface area contributed by atoms with Crippen LogP contribution < -0.4 is 15.6 Å². The van der Waals surface area contributed by atoms with Gasteiger partial charge < -0.3 is 9.15 Å². The van der Waals surface area contributed by atoms with Crippen LogP contribution in [0.5, 0.6) is 5.75 Å². The van der Waals surface area contributed by atoms with Crippen molar-refractivity contribution >= 4 is 11.8 Å². The fourth-order valence-electron chi connectivity index (χ4n) is 2.46. The first kappa shape index (κ1) is 19.2. The number of aryl methyl sites for hydroxylation is 2. The molecule has 28 heavy (non-hydrogen) atoms. The first-order chi connectivity index (χ1) is 13.4. The van der Waals surface area contributed by atoms with Gasteiger partial charge in [0.15, 0.2) is 5.76 Å². The summed E-state index contributed by atoms with van der Waals surface area (Å²) in [5.74, 6) is -0.488. The number of ether oxygens (including phenoxy) is 1. The van der Waals surface area contributed by atoms with Crippen molar-refractivity contribution in [2.45, 2.75) is 27.0 Å². The Balaban J connectivity index is 1.47. The molecule has 3 rings (SSSR count). The summed E-state index contributed by atoms with van der Waals surface area (Å²) in [4.78, 5) is 24.0. The molecule has 8 nitrogen and oxygen atoms in total. The number of halogens is 1. The van der Waals surface area contributed by atoms with E-state index in [0.717, 1.165) is 11.4 Å². The van der Waals surface area contributed by atoms with Crippen LogP contribution in [0.15, 0.2) is 46.9 Å². The fourth-order valence-corrected chi connectivity index (χ4v) is 2.46. The number of nitrogens with zero attached hydrogens (tertiary/aromatic N) is 2. The average Bonchev–Trinajstić information content (AvgIpc) is 3.25. The van der Waals surface area contributed by atoms with Gasteiger partial charge in [0.25, 0.3) is 5.91 Å². The number of carbonyl (C=O) groups is 2. The van der Waals surface area contributed by atoms with Gasteiger partial charge in [0.2, 0.25) is 0 Å². The maximum Gasteiger partial charge on any atom is 0.305 e. The molecule has 3 aromatic rings. The predicted molar refractivity (Wildman–Crippen MR) is 96.7 cm³/mol. The SMILES string of the molecule is Cc1cc(C)n(CC(=O)NNC(=O)c2ccc(COc3ccc(F)cc3)o2)n1. The third-order valence-corrected chi connectivity index (χ3v) is 3.79. The molecule has 0 spiro atoms. The standard InChI is InChI=1S/C19H19FN4O4/c1-12-9-13(2)24(23-12)10-18(25)21-22-19(26)17-8-7-16(28-17)11-27-15-5-3-14(20)4-6-15/h3-9H,10-11H2,1-2H3,(H,21,25)(H,22,26). The van der Waals surface area contributed by atoms with Crippen molar-refractivity contribution in [3.63, 3.8) is 0 Å². The lowest BCUT2D eigenvalue weighted by Gasteiger charge is -2.07. The van der Waals surface area contributed by atoms with Gasteiger partial charge in [0.05, 0.1) is 5.69 Å². The lowest BCUT2D eigenvalue weighted by molar-refractivity contribution is -0.122. The summed E-state index contributed by atoms with van der Waals surface area (Å²) < 4.78 is 25.2. The molecule has 0 radical (unpaired) electrons. The highest BCUT2D eigenvalue weighted by atomic mass is 19.1. The molecule has 0 saturated carbocycles. The third kappa shape index (κ3) is 4.97. The zero-order valence-corrected chi connectivity index (χ0v) is 15.4. The number of nitrogens with one attached hydrogen (secondary N) is 2. The van der Waals surface area contributed by atoms with Crippen LogP contribution in [0.3, 0.4) is 0 Å². The minimum Gasteiger partial charge on any atom is -0.486 e. The van der Waals surface area contributed by atoms with E-state index >= 15 is 0 Å². The number of hydrogen-bond donors (Lipinski definition) is 2. The topological polar surface area (TPSA) is 98.4 Å². The summed E-state index contributed by atoms with van der Waals surface area (Å²) in [5, 5.41) is 4.18. The summed E-state index contributed by atoms with van der Waals surface area (Å²) >= 11 is 0. The van der Waals surface area contributed by atoms with Crippen LogP contribution in [0, 0.1) is 19.7 Å². The molecule has 0 saturated heterocycles. The summed E-state index contributed by atoms with van der Waals surface area (Å²) in [6, 6.07) is 10.4. The molecule has 1 aromatic carbocycles. The number of amides is 2. The van der Waals surface area contributed by atoms with Crippen LogP contribution in [0.4, 0.5) is 4.39 Å². The number of hydrogen-bond acceptors (Lipinski definition) is 5. The van der Waals surface area contributed by atoms with Crippen molar-refractivity contribution in [2.24, 2.45) is 0 Å². The molecule has 0 aliphatic carbocycles. The molecule has 2 N–H and O–H groups in total. The number of rotatable bonds is 6. The van der Waals surface area contributed by atoms with E-state index in [1.807, 2.05) is 19.9 Å². The van der Waals surface area contributed by atoms with E-state index in [4.69, 9.17) is 9.15 Å². The van der Waals surface area contributed by atoms with E-state index in [9.17, 15) is 14.0 Å². The van der Waals surface area contributed by atoms with Gasteiger partial charge in [0.1, 0.15) is 30.5 Å². The maximum absolute atomic E-state index is 12.9. The Morgan fingerprint density at radius 2 is 1.89 bits per heavy atom. The number of hydrazine groups is 1. The quantitative estimate of drug-likeness (QED) is 0.634. The Morgan fingerprint density at radius 1 is 1.14 bits per heavy atom. The molecule has 2 aromatic heterocycles. The minimum atomic E-state index is -0.602. The molecular formula is C19H19FN4O4. The number of aromatic nitrogens is 2. The van der Waals surface area contributed by atoms with E-state index in [-0.39, 0.29) is 24.7 Å². The molecule has 2 heterocycles. The smallest absolute Gasteiger partial charge is 0.305 e. The molecule has 0 aliphatic rings. The Labute approximate surface area is 160 Å². The Morgan fingerprint density at radius 3 is 2.57 bits per heavy atom. The predicted octanol–water partition coefficient (Wildman–Crippen LogP) is 2.27. The zero-order valence-electron chi connectivity index (χ0n) is 15.4. The van der Waals surface area contributed by atoms with E-state index in [0.29, 0.717) is 11.5 Å². The van der Waals surface area contributed by atoms with Gasteiger partial charge in [-0.2, -0.15) is 5.10 Å². The van der Waals surface area contributed by atoms with Crippen LogP contribution in [0.2, 0.25) is 0 Å². The van der Waals surface area contributed by atoms with Gasteiger partial charge in [-0.25, -0.2) is 4.39 Å². The summed E-state index contributed by atoms with van der Waals surface area (Å²) in [6.45, 7) is 3.72. The lowest BCUT2D eigenvalue weighted by Crippen LogP contribution is -2.43. The van der Waals surface area contributed by atoms with Gasteiger partial charge in [-0.15, -0.1) is 0 Å². The molecule has 0 aliphatic heterocycles. The normalized spacial score (nSPS) is 10.5. The van der Waals surface area contributed by atoms with E-state index in [1.165, 1.54) is 35.0 Å². The molecular weight excluding hydrogens is 367 g/mol. The number of carbonyl (C=O) groups excluding carboxylic acids is 2. The first-order valence-electron chi connectivity index (χ1n) is 8.48. The van der Waals surface area contributed by atoms with Crippen LogP contribution >= 0.6 is 0 Å². The molecule has 0 unspecified atom stereocenters. The molecule has 9 heteroatoms. The average molecular weight is 386 g/mol. The van der Waals surface area contributed by atoms with Crippen molar-refractivity contribution in [1.29, 1.82) is 0 Å². The lowest BCUT2D eigenvalue weighted by atomic mass is 10.3. The molecule has 146 valence electrons. The number of benzene rings is 1. The highest BCUT2D eigenvalue weighted by Crippen LogP contribution is 2.15. The van der Waals surface area contributed by atoms with E-state index < -0.39 is 11.8 Å². The summed E-state index contributed by atoms with van der Waals surface area (Å²) in [7, 11) is 0. The van der Waals surface area contributed by atoms with E-state index in [1.54, 1.807) is 6.07 Å². The Hall–Kier alpha value is -3.62. The van der Waals surface area contributed by atoms with Gasteiger partial charge in [-0.05, 0) is 56.3 Å². The first-order valence-corrected chi connectivity index (χ1v) is 8.48. The molecule has 2 amide bonds. The third-order valence-electron chi connectivity index (χ3n) is 3.79. The minimum absolute atomic E-state index is 0.0177. The second-order valence-electron chi connectivity index (χ2n) is 6.10. The van der Waals surface area contributed by atoms with Crippen molar-refractivity contribution in [2.75, 3.05) is 0 Å². The fraction of sp³-hybridized carbons (Fsp3) is 0.211. The highest BCUT2D eigenvalue weighted by Gasteiger charge is 2.13. The summed E-state index contributed by atoms with van der Waals surface area (Å²) in [5.41, 5.74) is 6.24. The number of furan rings is 1. The van der Waals surface area contributed by atoms with Crippen LogP contribution in [0.1, 0.15) is 27.7 Å². The van der Waals surface area contributed by atoms with Gasteiger partial charge in [-0.1, -0.05) is 0 Å². The van der Waals surface area contributed by atoms with Gasteiger partial charge >= 0.3 is 5.91 Å². The molecule has 0 atom stereocenters. The Bertz CT molecular complexity index is 978. The van der Waals surface area contributed by atoms with Crippen molar-refractivity contribution < 1.29 is 23.1 Å². The molecule has 0 fully saturated rings. The maximum atomic E-state index is 12.9. The van der Waals surface area contributed by atoms with Crippen molar-refractivity contribution in [3.8, 4) is 5.75 Å². The van der Waals surface area contributed by atoms with Crippen LogP contribution in [-0.4, -0.2) is 21.6 Å². The molecule has 0 bridgehead atoms. The van der Waals surface area contributed by atoms with Crippen molar-refractivity contribution in [1.82, 2.24) is 20.6 Å². The summed E-state index contributed by atoms with van der Waals surface area (Å²) in [6.07, 6.45) is 0. The van der Waals surface area contributed by atoms with Crippen LogP contribution in [-0.2, 0) is 17.9 Å². The largest absolute Gasteiger partial charge is 0.486 e.